The predicted octanol–water partition coefficient (Wildman–Crippen LogP) is 1.41. The second kappa shape index (κ2) is 4.98. The van der Waals surface area contributed by atoms with Crippen LogP contribution in [0.1, 0.15) is 13.3 Å². The fourth-order valence-electron chi connectivity index (χ4n) is 1.12. The molecule has 0 radical (unpaired) electrons. The van der Waals surface area contributed by atoms with Crippen LogP contribution in [0.2, 0.25) is 0 Å². The summed E-state index contributed by atoms with van der Waals surface area (Å²) in [5.74, 6) is -0.114. The molecule has 0 fully saturated rings. The van der Waals surface area contributed by atoms with E-state index < -0.39 is 10.0 Å². The van der Waals surface area contributed by atoms with Gasteiger partial charge in [0, 0.05) is 12.1 Å². The Morgan fingerprint density at radius 1 is 1.31 bits per heavy atom. The molecule has 1 amide bonds. The molecule has 0 bridgehead atoms. The first-order valence-electron chi connectivity index (χ1n) is 4.78. The van der Waals surface area contributed by atoms with Crippen molar-refractivity contribution in [1.29, 1.82) is 0 Å². The standard InChI is InChI=1S/C10H14N2O3S/c1-3-10(13)11-8-5-4-6-9(7-8)12-16(2,14)15/h4-7,12H,3H2,1-2H3,(H,11,13). The van der Waals surface area contributed by atoms with Crippen molar-refractivity contribution < 1.29 is 13.2 Å². The van der Waals surface area contributed by atoms with Crippen LogP contribution in [0.15, 0.2) is 24.3 Å². The van der Waals surface area contributed by atoms with Crippen molar-refractivity contribution in [3.8, 4) is 0 Å². The summed E-state index contributed by atoms with van der Waals surface area (Å²) in [6, 6.07) is 6.54. The van der Waals surface area contributed by atoms with Gasteiger partial charge in [0.25, 0.3) is 0 Å². The smallest absolute Gasteiger partial charge is 0.229 e. The van der Waals surface area contributed by atoms with Crippen molar-refractivity contribution in [2.75, 3.05) is 16.3 Å². The summed E-state index contributed by atoms with van der Waals surface area (Å²) in [7, 11) is -3.29. The number of hydrogen-bond donors (Lipinski definition) is 2. The van der Waals surface area contributed by atoms with E-state index >= 15 is 0 Å². The summed E-state index contributed by atoms with van der Waals surface area (Å²) in [6.07, 6.45) is 1.45. The van der Waals surface area contributed by atoms with Crippen molar-refractivity contribution >= 4 is 27.3 Å². The van der Waals surface area contributed by atoms with Gasteiger partial charge in [-0.25, -0.2) is 8.42 Å². The summed E-state index contributed by atoms with van der Waals surface area (Å²) in [5, 5.41) is 2.64. The van der Waals surface area contributed by atoms with E-state index in [9.17, 15) is 13.2 Å². The molecule has 88 valence electrons. The number of nitrogens with one attached hydrogen (secondary N) is 2. The highest BCUT2D eigenvalue weighted by Gasteiger charge is 2.03. The number of carbonyl (C=O) groups is 1. The van der Waals surface area contributed by atoms with Gasteiger partial charge in [-0.1, -0.05) is 13.0 Å². The molecule has 0 unspecified atom stereocenters. The third kappa shape index (κ3) is 4.31. The van der Waals surface area contributed by atoms with Crippen molar-refractivity contribution in [3.05, 3.63) is 24.3 Å². The lowest BCUT2D eigenvalue weighted by atomic mass is 10.3. The van der Waals surface area contributed by atoms with Crippen LogP contribution in [-0.4, -0.2) is 20.6 Å². The monoisotopic (exact) mass is 242 g/mol. The quantitative estimate of drug-likeness (QED) is 0.838. The van der Waals surface area contributed by atoms with Crippen LogP contribution in [0, 0.1) is 0 Å². The normalized spacial score (nSPS) is 10.9. The molecule has 0 atom stereocenters. The van der Waals surface area contributed by atoms with Crippen LogP contribution in [0.25, 0.3) is 0 Å². The maximum Gasteiger partial charge on any atom is 0.229 e. The van der Waals surface area contributed by atoms with Crippen molar-refractivity contribution in [2.45, 2.75) is 13.3 Å². The molecule has 0 saturated heterocycles. The highest BCUT2D eigenvalue weighted by atomic mass is 32.2. The summed E-state index contributed by atoms with van der Waals surface area (Å²) in [5.41, 5.74) is 0.997. The second-order valence-electron chi connectivity index (χ2n) is 3.36. The molecule has 0 spiro atoms. The Kier molecular flexibility index (Phi) is 3.89. The molecule has 5 nitrogen and oxygen atoms in total. The maximum absolute atomic E-state index is 11.1. The van der Waals surface area contributed by atoms with Crippen LogP contribution in [0.4, 0.5) is 11.4 Å². The number of anilines is 2. The average molecular weight is 242 g/mol. The third-order valence-corrected chi connectivity index (χ3v) is 2.38. The molecular weight excluding hydrogens is 228 g/mol. The highest BCUT2D eigenvalue weighted by Crippen LogP contribution is 2.16. The first-order valence-corrected chi connectivity index (χ1v) is 6.67. The Bertz CT molecular complexity index is 483. The van der Waals surface area contributed by atoms with Gasteiger partial charge in [0.1, 0.15) is 0 Å². The zero-order chi connectivity index (χ0) is 12.2. The molecule has 2 N–H and O–H groups in total. The molecule has 0 saturated carbocycles. The van der Waals surface area contributed by atoms with Gasteiger partial charge >= 0.3 is 0 Å². The lowest BCUT2D eigenvalue weighted by Crippen LogP contribution is -2.11. The van der Waals surface area contributed by atoms with Gasteiger partial charge in [0.2, 0.25) is 15.9 Å². The minimum Gasteiger partial charge on any atom is -0.326 e. The molecule has 0 heterocycles. The van der Waals surface area contributed by atoms with Crippen LogP contribution >= 0.6 is 0 Å². The van der Waals surface area contributed by atoms with Gasteiger partial charge in [0.15, 0.2) is 0 Å². The van der Waals surface area contributed by atoms with Crippen LogP contribution < -0.4 is 10.0 Å². The van der Waals surface area contributed by atoms with E-state index in [1.165, 1.54) is 0 Å². The summed E-state index contributed by atoms with van der Waals surface area (Å²) < 4.78 is 24.3. The van der Waals surface area contributed by atoms with E-state index in [4.69, 9.17) is 0 Å². The Morgan fingerprint density at radius 2 is 1.94 bits per heavy atom. The first-order chi connectivity index (χ1) is 7.40. The van der Waals surface area contributed by atoms with Gasteiger partial charge in [0.05, 0.1) is 11.9 Å². The number of carbonyl (C=O) groups excluding carboxylic acids is 1. The first kappa shape index (κ1) is 12.5. The van der Waals surface area contributed by atoms with E-state index in [1.54, 1.807) is 31.2 Å². The zero-order valence-electron chi connectivity index (χ0n) is 9.15. The molecule has 0 aliphatic rings. The molecule has 0 aromatic heterocycles. The van der Waals surface area contributed by atoms with E-state index in [0.29, 0.717) is 17.8 Å². The summed E-state index contributed by atoms with van der Waals surface area (Å²) >= 11 is 0. The summed E-state index contributed by atoms with van der Waals surface area (Å²) in [6.45, 7) is 1.74. The minimum atomic E-state index is -3.29. The van der Waals surface area contributed by atoms with Gasteiger partial charge in [-0.05, 0) is 18.2 Å². The number of hydrogen-bond acceptors (Lipinski definition) is 3. The zero-order valence-corrected chi connectivity index (χ0v) is 9.97. The van der Waals surface area contributed by atoms with E-state index in [1.807, 2.05) is 0 Å². The van der Waals surface area contributed by atoms with Crippen LogP contribution in [0.5, 0.6) is 0 Å². The van der Waals surface area contributed by atoms with Gasteiger partial charge in [-0.15, -0.1) is 0 Å². The second-order valence-corrected chi connectivity index (χ2v) is 5.11. The van der Waals surface area contributed by atoms with E-state index in [2.05, 4.69) is 10.0 Å². The number of amides is 1. The van der Waals surface area contributed by atoms with Gasteiger partial charge in [-0.2, -0.15) is 0 Å². The molecular formula is C10H14N2O3S. The average Bonchev–Trinajstić information content (AvgIpc) is 2.15. The number of rotatable bonds is 4. The predicted molar refractivity (Wildman–Crippen MR) is 63.8 cm³/mol. The molecule has 6 heteroatoms. The topological polar surface area (TPSA) is 75.3 Å². The molecule has 1 rings (SSSR count). The SMILES string of the molecule is CCC(=O)Nc1cccc(NS(C)(=O)=O)c1. The molecule has 16 heavy (non-hydrogen) atoms. The molecule has 0 aliphatic heterocycles. The molecule has 1 aromatic rings. The van der Waals surface area contributed by atoms with Crippen molar-refractivity contribution in [1.82, 2.24) is 0 Å². The maximum atomic E-state index is 11.1. The molecule has 1 aromatic carbocycles. The van der Waals surface area contributed by atoms with E-state index in [-0.39, 0.29) is 5.91 Å². The summed E-state index contributed by atoms with van der Waals surface area (Å²) in [4.78, 5) is 11.1. The fraction of sp³-hybridized carbons (Fsp3) is 0.300. The fourth-order valence-corrected chi connectivity index (χ4v) is 1.68. The van der Waals surface area contributed by atoms with Crippen LogP contribution in [0.3, 0.4) is 0 Å². The van der Waals surface area contributed by atoms with Gasteiger partial charge in [-0.3, -0.25) is 9.52 Å². The number of benzene rings is 1. The van der Waals surface area contributed by atoms with Crippen molar-refractivity contribution in [2.24, 2.45) is 0 Å². The Morgan fingerprint density at radius 3 is 2.50 bits per heavy atom. The molecule has 0 aliphatic carbocycles. The number of sulfonamides is 1. The largest absolute Gasteiger partial charge is 0.326 e. The van der Waals surface area contributed by atoms with Crippen LogP contribution in [-0.2, 0) is 14.8 Å². The lowest BCUT2D eigenvalue weighted by molar-refractivity contribution is -0.115. The Balaban J connectivity index is 2.83. The highest BCUT2D eigenvalue weighted by molar-refractivity contribution is 7.92. The van der Waals surface area contributed by atoms with Crippen molar-refractivity contribution in [3.63, 3.8) is 0 Å². The lowest BCUT2D eigenvalue weighted by Gasteiger charge is -2.07. The minimum absolute atomic E-state index is 0.114. The van der Waals surface area contributed by atoms with E-state index in [0.717, 1.165) is 6.26 Å². The third-order valence-electron chi connectivity index (χ3n) is 1.77. The van der Waals surface area contributed by atoms with Gasteiger partial charge < -0.3 is 5.32 Å². The Hall–Kier alpha value is -1.56. The Labute approximate surface area is 94.9 Å².